The lowest BCUT2D eigenvalue weighted by Crippen LogP contribution is -2.48. The van der Waals surface area contributed by atoms with Crippen molar-refractivity contribution in [3.05, 3.63) is 0 Å². The van der Waals surface area contributed by atoms with Gasteiger partial charge in [0.25, 0.3) is 0 Å². The van der Waals surface area contributed by atoms with Crippen LogP contribution in [0.5, 0.6) is 0 Å². The fraction of sp³-hybridized carbons (Fsp3) is 0.923. The number of ether oxygens (including phenoxy) is 5. The van der Waals surface area contributed by atoms with E-state index in [4.69, 9.17) is 23.7 Å². The van der Waals surface area contributed by atoms with Crippen LogP contribution < -0.4 is 0 Å². The van der Waals surface area contributed by atoms with Crippen LogP contribution in [0.15, 0.2) is 0 Å². The third kappa shape index (κ3) is 2.43. The van der Waals surface area contributed by atoms with Crippen molar-refractivity contribution in [1.82, 2.24) is 0 Å². The molecule has 0 radical (unpaired) electrons. The van der Waals surface area contributed by atoms with Crippen molar-refractivity contribution < 1.29 is 28.5 Å². The van der Waals surface area contributed by atoms with Crippen LogP contribution in [-0.2, 0) is 28.5 Å². The van der Waals surface area contributed by atoms with Crippen molar-refractivity contribution >= 4 is 5.78 Å². The molecule has 0 saturated carbocycles. The van der Waals surface area contributed by atoms with Gasteiger partial charge in [0.1, 0.15) is 6.10 Å². The molecular formula is C13H20O6. The van der Waals surface area contributed by atoms with E-state index in [0.717, 1.165) is 0 Å². The highest BCUT2D eigenvalue weighted by Crippen LogP contribution is 2.38. The van der Waals surface area contributed by atoms with Gasteiger partial charge in [-0.15, -0.1) is 0 Å². The Morgan fingerprint density at radius 2 is 1.74 bits per heavy atom. The van der Waals surface area contributed by atoms with Crippen LogP contribution in [0, 0.1) is 0 Å². The van der Waals surface area contributed by atoms with E-state index in [0.29, 0.717) is 13.0 Å². The average Bonchev–Trinajstić information content (AvgIpc) is 2.72. The maximum absolute atomic E-state index is 12.3. The van der Waals surface area contributed by atoms with Crippen LogP contribution in [0.2, 0.25) is 0 Å². The zero-order valence-electron chi connectivity index (χ0n) is 11.7. The molecule has 108 valence electrons. The van der Waals surface area contributed by atoms with Gasteiger partial charge in [0.05, 0.1) is 12.7 Å². The standard InChI is InChI=1S/C13H20O6/c1-12(2)15-6-5-7(17-12)9-8(14)10-11(16-9)19-13(3,4)18-10/h7,9-11H,5-6H2,1-4H3/t7-,9-,10-,11-/m1/s1. The van der Waals surface area contributed by atoms with Crippen LogP contribution in [0.1, 0.15) is 34.1 Å². The summed E-state index contributed by atoms with van der Waals surface area (Å²) in [6, 6.07) is 0. The monoisotopic (exact) mass is 272 g/mol. The Kier molecular flexibility index (Phi) is 3.00. The van der Waals surface area contributed by atoms with Crippen LogP contribution in [0.4, 0.5) is 0 Å². The second-order valence-corrected chi connectivity index (χ2v) is 6.08. The summed E-state index contributed by atoms with van der Waals surface area (Å²) in [5.41, 5.74) is 0. The van der Waals surface area contributed by atoms with Gasteiger partial charge in [-0.05, 0) is 27.7 Å². The van der Waals surface area contributed by atoms with Gasteiger partial charge >= 0.3 is 0 Å². The van der Waals surface area contributed by atoms with E-state index in [1.165, 1.54) is 0 Å². The first-order valence-corrected chi connectivity index (χ1v) is 6.64. The van der Waals surface area contributed by atoms with Gasteiger partial charge in [0.2, 0.25) is 0 Å². The Labute approximate surface area is 112 Å². The highest BCUT2D eigenvalue weighted by molar-refractivity contribution is 5.90. The SMILES string of the molecule is CC1(C)O[C@H]2O[C@H]([C@H]3CCOC(C)(C)O3)C(=O)[C@H]2O1. The van der Waals surface area contributed by atoms with Crippen molar-refractivity contribution in [3.8, 4) is 0 Å². The Bertz CT molecular complexity index is 391. The number of carbonyl (C=O) groups excluding carboxylic acids is 1. The molecule has 6 heteroatoms. The van der Waals surface area contributed by atoms with E-state index in [2.05, 4.69) is 0 Å². The van der Waals surface area contributed by atoms with Gasteiger partial charge in [-0.3, -0.25) is 4.79 Å². The number of fused-ring (bicyclic) bond motifs is 1. The molecule has 4 atom stereocenters. The average molecular weight is 272 g/mol. The second kappa shape index (κ2) is 4.23. The normalized spacial score (nSPS) is 44.3. The quantitative estimate of drug-likeness (QED) is 0.709. The minimum absolute atomic E-state index is 0.0988. The minimum Gasteiger partial charge on any atom is -0.350 e. The first kappa shape index (κ1) is 13.5. The molecule has 0 bridgehead atoms. The summed E-state index contributed by atoms with van der Waals surface area (Å²) in [6.45, 7) is 7.74. The van der Waals surface area contributed by atoms with Gasteiger partial charge in [0.15, 0.2) is 29.8 Å². The summed E-state index contributed by atoms with van der Waals surface area (Å²) < 4.78 is 28.1. The largest absolute Gasteiger partial charge is 0.350 e. The molecule has 3 fully saturated rings. The predicted molar refractivity (Wildman–Crippen MR) is 63.2 cm³/mol. The first-order chi connectivity index (χ1) is 8.77. The lowest BCUT2D eigenvalue weighted by Gasteiger charge is -2.38. The van der Waals surface area contributed by atoms with Crippen molar-refractivity contribution in [2.45, 2.75) is 70.3 Å². The fourth-order valence-corrected chi connectivity index (χ4v) is 2.76. The summed E-state index contributed by atoms with van der Waals surface area (Å²) in [4.78, 5) is 12.3. The molecular weight excluding hydrogens is 252 g/mol. The minimum atomic E-state index is -0.772. The van der Waals surface area contributed by atoms with Gasteiger partial charge in [0, 0.05) is 6.42 Å². The lowest BCUT2D eigenvalue weighted by atomic mass is 10.0. The second-order valence-electron chi connectivity index (χ2n) is 6.08. The van der Waals surface area contributed by atoms with E-state index < -0.39 is 30.1 Å². The van der Waals surface area contributed by atoms with Crippen LogP contribution in [0.25, 0.3) is 0 Å². The van der Waals surface area contributed by atoms with Gasteiger partial charge < -0.3 is 23.7 Å². The molecule has 3 rings (SSSR count). The zero-order valence-corrected chi connectivity index (χ0v) is 11.7. The van der Waals surface area contributed by atoms with E-state index in [-0.39, 0.29) is 11.9 Å². The highest BCUT2D eigenvalue weighted by atomic mass is 16.8. The Hall–Kier alpha value is -0.530. The topological polar surface area (TPSA) is 63.2 Å². The number of Topliss-reactive ketones (excluding diaryl/α,β-unsaturated/α-hetero) is 1. The molecule has 3 aliphatic rings. The zero-order chi connectivity index (χ0) is 13.8. The number of hydrogen-bond acceptors (Lipinski definition) is 6. The number of rotatable bonds is 1. The Balaban J connectivity index is 1.70. The number of ketones is 1. The summed E-state index contributed by atoms with van der Waals surface area (Å²) in [7, 11) is 0. The molecule has 3 heterocycles. The Morgan fingerprint density at radius 3 is 2.37 bits per heavy atom. The summed E-state index contributed by atoms with van der Waals surface area (Å²) in [5.74, 6) is -1.56. The molecule has 0 aliphatic carbocycles. The maximum Gasteiger partial charge on any atom is 0.198 e. The molecule has 19 heavy (non-hydrogen) atoms. The smallest absolute Gasteiger partial charge is 0.198 e. The summed E-state index contributed by atoms with van der Waals surface area (Å²) in [5, 5.41) is 0. The van der Waals surface area contributed by atoms with E-state index in [9.17, 15) is 4.79 Å². The summed E-state index contributed by atoms with van der Waals surface area (Å²) >= 11 is 0. The van der Waals surface area contributed by atoms with Crippen LogP contribution in [0.3, 0.4) is 0 Å². The van der Waals surface area contributed by atoms with Crippen molar-refractivity contribution in [3.63, 3.8) is 0 Å². The first-order valence-electron chi connectivity index (χ1n) is 6.64. The van der Waals surface area contributed by atoms with Gasteiger partial charge in [-0.2, -0.15) is 0 Å². The van der Waals surface area contributed by atoms with Gasteiger partial charge in [-0.25, -0.2) is 0 Å². The van der Waals surface area contributed by atoms with Crippen LogP contribution in [-0.4, -0.2) is 48.6 Å². The molecule has 0 aromatic heterocycles. The van der Waals surface area contributed by atoms with Gasteiger partial charge in [-0.1, -0.05) is 0 Å². The van der Waals surface area contributed by atoms with Crippen molar-refractivity contribution in [1.29, 1.82) is 0 Å². The summed E-state index contributed by atoms with van der Waals surface area (Å²) in [6.07, 6.45) is -1.58. The number of carbonyl (C=O) groups is 1. The molecule has 6 nitrogen and oxygen atoms in total. The Morgan fingerprint density at radius 1 is 1.00 bits per heavy atom. The van der Waals surface area contributed by atoms with E-state index in [1.54, 1.807) is 13.8 Å². The molecule has 0 N–H and O–H groups in total. The molecule has 0 aromatic rings. The predicted octanol–water partition coefficient (Wildman–Crippen LogP) is 0.973. The fourth-order valence-electron chi connectivity index (χ4n) is 2.76. The van der Waals surface area contributed by atoms with E-state index >= 15 is 0 Å². The third-order valence-corrected chi connectivity index (χ3v) is 3.52. The molecule has 0 unspecified atom stereocenters. The maximum atomic E-state index is 12.3. The molecule has 0 amide bonds. The number of hydrogen-bond donors (Lipinski definition) is 0. The molecule has 3 saturated heterocycles. The van der Waals surface area contributed by atoms with Crippen molar-refractivity contribution in [2.75, 3.05) is 6.61 Å². The van der Waals surface area contributed by atoms with Crippen LogP contribution >= 0.6 is 0 Å². The lowest BCUT2D eigenvalue weighted by molar-refractivity contribution is -0.296. The molecule has 3 aliphatic heterocycles. The van der Waals surface area contributed by atoms with E-state index in [1.807, 2.05) is 13.8 Å². The third-order valence-electron chi connectivity index (χ3n) is 3.52. The molecule has 0 aromatic carbocycles. The molecule has 0 spiro atoms. The highest BCUT2D eigenvalue weighted by Gasteiger charge is 2.57. The van der Waals surface area contributed by atoms with Crippen molar-refractivity contribution in [2.24, 2.45) is 0 Å².